The largest absolute Gasteiger partial charge is 0.393 e. The minimum atomic E-state index is -0.342. The molecule has 4 N–H and O–H groups in total. The van der Waals surface area contributed by atoms with Crippen molar-refractivity contribution >= 4 is 39.2 Å². The molecule has 2 amide bonds. The van der Waals surface area contributed by atoms with Crippen LogP contribution in [0.2, 0.25) is 0 Å². The summed E-state index contributed by atoms with van der Waals surface area (Å²) in [5.41, 5.74) is 4.22. The lowest BCUT2D eigenvalue weighted by Crippen LogP contribution is -2.40. The molecular weight excluding hydrogens is 468 g/mol. The van der Waals surface area contributed by atoms with E-state index in [0.29, 0.717) is 43.1 Å². The first kappa shape index (κ1) is 22.0. The molecule has 0 aliphatic carbocycles. The number of likely N-dealkylation sites (tertiary alicyclic amines) is 1. The smallest absolute Gasteiger partial charge is 0.323 e. The normalized spacial score (nSPS) is 14.1. The van der Waals surface area contributed by atoms with Gasteiger partial charge in [-0.05, 0) is 60.4 Å². The lowest BCUT2D eigenvalue weighted by Gasteiger charge is -2.31. The van der Waals surface area contributed by atoms with Gasteiger partial charge in [-0.3, -0.25) is 5.41 Å². The van der Waals surface area contributed by atoms with Crippen LogP contribution in [0.1, 0.15) is 18.4 Å². The predicted molar refractivity (Wildman–Crippen MR) is 132 cm³/mol. The molecule has 4 rings (SSSR count). The molecule has 6 nitrogen and oxygen atoms in total. The molecule has 32 heavy (non-hydrogen) atoms. The van der Waals surface area contributed by atoms with Gasteiger partial charge in [-0.1, -0.05) is 52.3 Å². The lowest BCUT2D eigenvalue weighted by molar-refractivity contribution is 0.109. The summed E-state index contributed by atoms with van der Waals surface area (Å²) in [5.74, 6) is 0.407. The van der Waals surface area contributed by atoms with Crippen molar-refractivity contribution < 1.29 is 9.90 Å². The first-order valence-electron chi connectivity index (χ1n) is 10.5. The van der Waals surface area contributed by atoms with Gasteiger partial charge in [-0.25, -0.2) is 4.79 Å². The maximum absolute atomic E-state index is 12.5. The van der Waals surface area contributed by atoms with Crippen LogP contribution in [0.5, 0.6) is 0 Å². The van der Waals surface area contributed by atoms with Crippen LogP contribution in [-0.2, 0) is 0 Å². The second kappa shape index (κ2) is 9.97. The van der Waals surface area contributed by atoms with Gasteiger partial charge < -0.3 is 20.6 Å². The van der Waals surface area contributed by atoms with Gasteiger partial charge in [0.15, 0.2) is 0 Å². The molecule has 7 heteroatoms. The third-order valence-electron chi connectivity index (χ3n) is 5.49. The van der Waals surface area contributed by atoms with E-state index >= 15 is 0 Å². The molecule has 3 aromatic rings. The van der Waals surface area contributed by atoms with Crippen LogP contribution in [0.25, 0.3) is 11.1 Å². The fourth-order valence-corrected chi connectivity index (χ4v) is 3.96. The summed E-state index contributed by atoms with van der Waals surface area (Å²) in [6.45, 7) is 1.32. The number of carbonyl (C=O) groups is 1. The Labute approximate surface area is 195 Å². The summed E-state index contributed by atoms with van der Waals surface area (Å²) in [7, 11) is 0. The van der Waals surface area contributed by atoms with Gasteiger partial charge in [0.1, 0.15) is 5.84 Å². The van der Waals surface area contributed by atoms with Crippen molar-refractivity contribution in [2.24, 2.45) is 0 Å². The maximum atomic E-state index is 12.5. The summed E-state index contributed by atoms with van der Waals surface area (Å²) in [6.07, 6.45) is 1.06. The van der Waals surface area contributed by atoms with Crippen LogP contribution in [0.3, 0.4) is 0 Å². The average Bonchev–Trinajstić information content (AvgIpc) is 2.80. The quantitative estimate of drug-likeness (QED) is 0.284. The number of rotatable bonds is 4. The van der Waals surface area contributed by atoms with Crippen molar-refractivity contribution in [1.82, 2.24) is 4.90 Å². The highest BCUT2D eigenvalue weighted by molar-refractivity contribution is 9.10. The number of nitrogens with one attached hydrogen (secondary N) is 3. The van der Waals surface area contributed by atoms with Gasteiger partial charge in [-0.2, -0.15) is 0 Å². The third kappa shape index (κ3) is 5.55. The van der Waals surface area contributed by atoms with Gasteiger partial charge in [0.05, 0.1) is 6.10 Å². The second-order valence-electron chi connectivity index (χ2n) is 7.81. The van der Waals surface area contributed by atoms with E-state index in [2.05, 4.69) is 26.6 Å². The first-order valence-corrected chi connectivity index (χ1v) is 11.3. The summed E-state index contributed by atoms with van der Waals surface area (Å²) in [6, 6.07) is 22.7. The van der Waals surface area contributed by atoms with Gasteiger partial charge in [-0.15, -0.1) is 0 Å². The summed E-state index contributed by atoms with van der Waals surface area (Å²) >= 11 is 3.44. The molecule has 0 unspecified atom stereocenters. The SMILES string of the molecule is N=C(c1cccc(NC(=O)Nc2ccc(-c3ccc(Br)cc3)cc2)c1)N1CCC(O)CC1. The zero-order chi connectivity index (χ0) is 22.5. The minimum Gasteiger partial charge on any atom is -0.393 e. The van der Waals surface area contributed by atoms with Crippen molar-refractivity contribution in [2.75, 3.05) is 23.7 Å². The Hall–Kier alpha value is -3.16. The molecule has 0 atom stereocenters. The summed E-state index contributed by atoms with van der Waals surface area (Å²) in [5, 5.41) is 23.8. The number of nitrogens with zero attached hydrogens (tertiary/aromatic N) is 1. The van der Waals surface area contributed by atoms with Crippen molar-refractivity contribution in [1.29, 1.82) is 5.41 Å². The highest BCUT2D eigenvalue weighted by Crippen LogP contribution is 2.23. The Morgan fingerprint density at radius 2 is 1.50 bits per heavy atom. The van der Waals surface area contributed by atoms with E-state index in [-0.39, 0.29) is 12.1 Å². The van der Waals surface area contributed by atoms with Gasteiger partial charge in [0, 0.05) is 34.5 Å². The highest BCUT2D eigenvalue weighted by Gasteiger charge is 2.20. The van der Waals surface area contributed by atoms with Crippen LogP contribution in [-0.4, -0.2) is 41.1 Å². The van der Waals surface area contributed by atoms with Crippen molar-refractivity contribution in [2.45, 2.75) is 18.9 Å². The lowest BCUT2D eigenvalue weighted by atomic mass is 10.1. The molecule has 3 aromatic carbocycles. The summed E-state index contributed by atoms with van der Waals surface area (Å²) < 4.78 is 1.03. The van der Waals surface area contributed by atoms with E-state index in [1.54, 1.807) is 12.1 Å². The van der Waals surface area contributed by atoms with Crippen LogP contribution in [0, 0.1) is 5.41 Å². The van der Waals surface area contributed by atoms with Crippen molar-refractivity contribution in [3.8, 4) is 11.1 Å². The molecular formula is C25H25BrN4O2. The van der Waals surface area contributed by atoms with Crippen LogP contribution >= 0.6 is 15.9 Å². The van der Waals surface area contributed by atoms with Crippen LogP contribution in [0.15, 0.2) is 77.3 Å². The number of urea groups is 1. The van der Waals surface area contributed by atoms with Gasteiger partial charge in [0.25, 0.3) is 0 Å². The minimum absolute atomic E-state index is 0.278. The van der Waals surface area contributed by atoms with E-state index in [1.165, 1.54) is 0 Å². The maximum Gasteiger partial charge on any atom is 0.323 e. The number of amides is 2. The van der Waals surface area contributed by atoms with Crippen LogP contribution < -0.4 is 10.6 Å². The average molecular weight is 493 g/mol. The van der Waals surface area contributed by atoms with Crippen LogP contribution in [0.4, 0.5) is 16.2 Å². The number of anilines is 2. The van der Waals surface area contributed by atoms with Crippen molar-refractivity contribution in [3.05, 3.63) is 82.8 Å². The van der Waals surface area contributed by atoms with E-state index in [4.69, 9.17) is 5.41 Å². The molecule has 0 saturated carbocycles. The Kier molecular flexibility index (Phi) is 6.87. The molecule has 0 aromatic heterocycles. The van der Waals surface area contributed by atoms with Crippen molar-refractivity contribution in [3.63, 3.8) is 0 Å². The Balaban J connectivity index is 1.36. The fourth-order valence-electron chi connectivity index (χ4n) is 3.70. The molecule has 1 aliphatic rings. The van der Waals surface area contributed by atoms with E-state index in [9.17, 15) is 9.90 Å². The zero-order valence-electron chi connectivity index (χ0n) is 17.5. The molecule has 0 radical (unpaired) electrons. The Morgan fingerprint density at radius 3 is 2.16 bits per heavy atom. The molecule has 1 saturated heterocycles. The fraction of sp³-hybridized carbons (Fsp3) is 0.200. The first-order chi connectivity index (χ1) is 15.5. The van der Waals surface area contributed by atoms with Gasteiger partial charge in [0.2, 0.25) is 0 Å². The second-order valence-corrected chi connectivity index (χ2v) is 8.73. The molecule has 1 fully saturated rings. The zero-order valence-corrected chi connectivity index (χ0v) is 19.1. The number of benzene rings is 3. The number of piperidine rings is 1. The number of aliphatic hydroxyl groups excluding tert-OH is 1. The number of carbonyl (C=O) groups excluding carboxylic acids is 1. The summed E-state index contributed by atoms with van der Waals surface area (Å²) in [4.78, 5) is 14.4. The van der Waals surface area contributed by atoms with E-state index in [0.717, 1.165) is 21.2 Å². The number of amidine groups is 1. The predicted octanol–water partition coefficient (Wildman–Crippen LogP) is 5.54. The molecule has 0 bridgehead atoms. The number of halogens is 1. The Morgan fingerprint density at radius 1 is 0.906 bits per heavy atom. The van der Waals surface area contributed by atoms with E-state index in [1.807, 2.05) is 65.6 Å². The number of aliphatic hydroxyl groups is 1. The Bertz CT molecular complexity index is 1090. The molecule has 1 aliphatic heterocycles. The third-order valence-corrected chi connectivity index (χ3v) is 6.02. The monoisotopic (exact) mass is 492 g/mol. The number of hydrogen-bond donors (Lipinski definition) is 4. The molecule has 1 heterocycles. The topological polar surface area (TPSA) is 88.5 Å². The molecule has 0 spiro atoms. The number of hydrogen-bond acceptors (Lipinski definition) is 3. The standard InChI is InChI=1S/C25H25BrN4O2/c26-20-8-4-17(5-9-20)18-6-10-21(11-7-18)28-25(32)29-22-3-1-2-19(16-22)24(27)30-14-12-23(31)13-15-30/h1-11,16,23,27,31H,12-15H2,(H2,28,29,32). The van der Waals surface area contributed by atoms with Gasteiger partial charge >= 0.3 is 6.03 Å². The van der Waals surface area contributed by atoms with E-state index < -0.39 is 0 Å². The highest BCUT2D eigenvalue weighted by atomic mass is 79.9. The molecule has 164 valence electrons.